The second-order valence-corrected chi connectivity index (χ2v) is 10.5. The molecule has 4 aromatic rings. The van der Waals surface area contributed by atoms with Gasteiger partial charge >= 0.3 is 0 Å². The first-order valence-corrected chi connectivity index (χ1v) is 12.3. The van der Waals surface area contributed by atoms with Crippen molar-refractivity contribution in [3.8, 4) is 5.13 Å². The SMILES string of the molecule is CN1CCN(S(=O)(=O)c2cccc(Nc3nc(N)n(-c4nc5ccccc5s4)n3)c2)CC1. The van der Waals surface area contributed by atoms with E-state index in [1.165, 1.54) is 20.3 Å². The Bertz CT molecular complexity index is 1340. The van der Waals surface area contributed by atoms with Gasteiger partial charge < -0.3 is 16.0 Å². The Morgan fingerprint density at radius 3 is 2.59 bits per heavy atom. The Labute approximate surface area is 189 Å². The number of hydrogen-bond donors (Lipinski definition) is 2. The van der Waals surface area contributed by atoms with Crippen molar-refractivity contribution < 1.29 is 8.42 Å². The van der Waals surface area contributed by atoms with Gasteiger partial charge in [0.15, 0.2) is 0 Å². The highest BCUT2D eigenvalue weighted by Crippen LogP contribution is 2.27. The van der Waals surface area contributed by atoms with Crippen molar-refractivity contribution in [2.24, 2.45) is 0 Å². The number of rotatable bonds is 5. The molecule has 2 aromatic heterocycles. The van der Waals surface area contributed by atoms with Gasteiger partial charge in [-0.05, 0) is 37.4 Å². The summed E-state index contributed by atoms with van der Waals surface area (Å²) in [6, 6.07) is 14.4. The van der Waals surface area contributed by atoms with Crippen LogP contribution in [0.5, 0.6) is 0 Å². The zero-order chi connectivity index (χ0) is 22.3. The number of nitrogens with one attached hydrogen (secondary N) is 1. The zero-order valence-corrected chi connectivity index (χ0v) is 19.0. The van der Waals surface area contributed by atoms with E-state index < -0.39 is 10.0 Å². The molecule has 0 aliphatic carbocycles. The van der Waals surface area contributed by atoms with Gasteiger partial charge in [0.25, 0.3) is 0 Å². The molecule has 2 aromatic carbocycles. The average molecular weight is 471 g/mol. The first-order chi connectivity index (χ1) is 15.4. The predicted octanol–water partition coefficient (Wildman–Crippen LogP) is 2.14. The number of anilines is 3. The molecule has 0 atom stereocenters. The first kappa shape index (κ1) is 20.8. The molecule has 10 nitrogen and oxygen atoms in total. The maximum Gasteiger partial charge on any atom is 0.248 e. The van der Waals surface area contributed by atoms with Crippen molar-refractivity contribution in [3.05, 3.63) is 48.5 Å². The summed E-state index contributed by atoms with van der Waals surface area (Å²) in [5.74, 6) is 0.448. The fourth-order valence-corrected chi connectivity index (χ4v) is 5.90. The van der Waals surface area contributed by atoms with E-state index in [1.807, 2.05) is 31.3 Å². The minimum Gasteiger partial charge on any atom is -0.368 e. The number of likely N-dealkylation sites (N-methyl/N-ethyl adjacent to an activating group) is 1. The summed E-state index contributed by atoms with van der Waals surface area (Å²) < 4.78 is 30.1. The van der Waals surface area contributed by atoms with Gasteiger partial charge in [0.1, 0.15) is 0 Å². The summed E-state index contributed by atoms with van der Waals surface area (Å²) in [6.45, 7) is 2.37. The number of para-hydroxylation sites is 1. The molecular formula is C20H22N8O2S2. The third-order valence-corrected chi connectivity index (χ3v) is 8.19. The quantitative estimate of drug-likeness (QED) is 0.455. The van der Waals surface area contributed by atoms with Gasteiger partial charge in [0.05, 0.1) is 15.1 Å². The summed E-state index contributed by atoms with van der Waals surface area (Å²) >= 11 is 1.46. The fraction of sp³-hybridized carbons (Fsp3) is 0.250. The van der Waals surface area contributed by atoms with Crippen LogP contribution in [0.4, 0.5) is 17.6 Å². The van der Waals surface area contributed by atoms with Crippen LogP contribution >= 0.6 is 11.3 Å². The van der Waals surface area contributed by atoms with Crippen molar-refractivity contribution >= 4 is 49.2 Å². The van der Waals surface area contributed by atoms with Crippen molar-refractivity contribution in [2.75, 3.05) is 44.3 Å². The van der Waals surface area contributed by atoms with Gasteiger partial charge in [0.2, 0.25) is 27.1 Å². The molecule has 0 saturated carbocycles. The Balaban J connectivity index is 1.39. The number of sulfonamides is 1. The second-order valence-electron chi connectivity index (χ2n) is 7.53. The third-order valence-electron chi connectivity index (χ3n) is 5.29. The molecule has 32 heavy (non-hydrogen) atoms. The average Bonchev–Trinajstić information content (AvgIpc) is 3.37. The largest absolute Gasteiger partial charge is 0.368 e. The summed E-state index contributed by atoms with van der Waals surface area (Å²) in [4.78, 5) is 11.2. The topological polar surface area (TPSA) is 122 Å². The molecule has 3 heterocycles. The Hall–Kier alpha value is -3.06. The Kier molecular flexibility index (Phi) is 5.29. The van der Waals surface area contributed by atoms with E-state index in [0.29, 0.717) is 37.0 Å². The number of benzene rings is 2. The highest BCUT2D eigenvalue weighted by molar-refractivity contribution is 7.89. The van der Waals surface area contributed by atoms with Crippen molar-refractivity contribution in [1.82, 2.24) is 29.0 Å². The Morgan fingerprint density at radius 1 is 1.03 bits per heavy atom. The van der Waals surface area contributed by atoms with Gasteiger partial charge in [-0.1, -0.05) is 29.5 Å². The lowest BCUT2D eigenvalue weighted by Gasteiger charge is -2.31. The Morgan fingerprint density at radius 2 is 1.81 bits per heavy atom. The molecule has 12 heteroatoms. The molecule has 0 amide bonds. The second kappa shape index (κ2) is 8.13. The first-order valence-electron chi connectivity index (χ1n) is 10.0. The van der Waals surface area contributed by atoms with E-state index in [1.54, 1.807) is 24.3 Å². The van der Waals surface area contributed by atoms with Gasteiger partial charge in [-0.2, -0.15) is 14.0 Å². The standard InChI is InChI=1S/C20H22N8O2S2/c1-26-9-11-27(12-10-26)32(29,30)15-6-4-5-14(13-15)22-19-24-18(21)28(25-19)20-23-16-7-2-3-8-17(16)31-20/h2-8,13H,9-12H2,1H3,(H3,21,22,24,25). The molecule has 3 N–H and O–H groups in total. The number of hydrogen-bond acceptors (Lipinski definition) is 9. The predicted molar refractivity (Wildman–Crippen MR) is 125 cm³/mol. The molecule has 0 spiro atoms. The summed E-state index contributed by atoms with van der Waals surface area (Å²) in [6.07, 6.45) is 0. The molecule has 1 fully saturated rings. The summed E-state index contributed by atoms with van der Waals surface area (Å²) in [5.41, 5.74) is 7.48. The fourth-order valence-electron chi connectivity index (χ4n) is 3.51. The van der Waals surface area contributed by atoms with Gasteiger partial charge in [-0.3, -0.25) is 0 Å². The molecule has 0 unspecified atom stereocenters. The van der Waals surface area contributed by atoms with E-state index in [9.17, 15) is 8.42 Å². The van der Waals surface area contributed by atoms with E-state index in [0.717, 1.165) is 10.2 Å². The number of nitrogen functional groups attached to an aromatic ring is 1. The van der Waals surface area contributed by atoms with E-state index in [2.05, 4.69) is 25.3 Å². The van der Waals surface area contributed by atoms with Crippen LogP contribution in [-0.4, -0.2) is 70.6 Å². The van der Waals surface area contributed by atoms with Crippen molar-refractivity contribution in [1.29, 1.82) is 0 Å². The van der Waals surface area contributed by atoms with Crippen LogP contribution in [-0.2, 0) is 10.0 Å². The number of nitrogens with two attached hydrogens (primary N) is 1. The molecular weight excluding hydrogens is 448 g/mol. The summed E-state index contributed by atoms with van der Waals surface area (Å²) in [7, 11) is -1.59. The number of nitrogens with zero attached hydrogens (tertiary/aromatic N) is 6. The minimum atomic E-state index is -3.57. The highest BCUT2D eigenvalue weighted by atomic mass is 32.2. The number of piperazine rings is 1. The van der Waals surface area contributed by atoms with E-state index in [-0.39, 0.29) is 16.8 Å². The molecule has 5 rings (SSSR count). The monoisotopic (exact) mass is 470 g/mol. The van der Waals surface area contributed by atoms with Gasteiger partial charge in [-0.25, -0.2) is 13.4 Å². The third kappa shape index (κ3) is 3.93. The van der Waals surface area contributed by atoms with E-state index >= 15 is 0 Å². The maximum absolute atomic E-state index is 13.0. The number of thiazole rings is 1. The molecule has 1 aliphatic rings. The van der Waals surface area contributed by atoms with Crippen LogP contribution in [0.2, 0.25) is 0 Å². The normalized spacial score (nSPS) is 15.9. The van der Waals surface area contributed by atoms with E-state index in [4.69, 9.17) is 5.73 Å². The number of aromatic nitrogens is 4. The minimum absolute atomic E-state index is 0.188. The smallest absolute Gasteiger partial charge is 0.248 e. The van der Waals surface area contributed by atoms with Crippen LogP contribution in [0.25, 0.3) is 15.3 Å². The molecule has 0 radical (unpaired) electrons. The summed E-state index contributed by atoms with van der Waals surface area (Å²) in [5, 5.41) is 8.07. The van der Waals surface area contributed by atoms with Crippen LogP contribution < -0.4 is 11.1 Å². The zero-order valence-electron chi connectivity index (χ0n) is 17.3. The molecule has 0 bridgehead atoms. The van der Waals surface area contributed by atoms with Crippen molar-refractivity contribution in [2.45, 2.75) is 4.90 Å². The van der Waals surface area contributed by atoms with Crippen LogP contribution in [0, 0.1) is 0 Å². The lowest BCUT2D eigenvalue weighted by atomic mass is 10.3. The van der Waals surface area contributed by atoms with Crippen LogP contribution in [0.15, 0.2) is 53.4 Å². The lowest BCUT2D eigenvalue weighted by molar-refractivity contribution is 0.222. The maximum atomic E-state index is 13.0. The van der Waals surface area contributed by atoms with Crippen LogP contribution in [0.3, 0.4) is 0 Å². The lowest BCUT2D eigenvalue weighted by Crippen LogP contribution is -2.47. The molecule has 166 valence electrons. The number of fused-ring (bicyclic) bond motifs is 1. The highest BCUT2D eigenvalue weighted by Gasteiger charge is 2.27. The van der Waals surface area contributed by atoms with Crippen LogP contribution in [0.1, 0.15) is 0 Å². The van der Waals surface area contributed by atoms with Gasteiger partial charge in [-0.15, -0.1) is 5.10 Å². The van der Waals surface area contributed by atoms with Crippen molar-refractivity contribution in [3.63, 3.8) is 0 Å². The molecule has 1 saturated heterocycles. The van der Waals surface area contributed by atoms with Gasteiger partial charge in [0, 0.05) is 31.9 Å². The molecule has 1 aliphatic heterocycles.